The molecule has 4 aromatic rings. The van der Waals surface area contributed by atoms with Crippen molar-refractivity contribution >= 4 is 38.3 Å². The quantitative estimate of drug-likeness (QED) is 0.487. The van der Waals surface area contributed by atoms with Crippen LogP contribution in [0, 0.1) is 0 Å². The van der Waals surface area contributed by atoms with Gasteiger partial charge in [0, 0.05) is 11.8 Å². The largest absolute Gasteiger partial charge is 0.338 e. The molecule has 162 valence electrons. The molecule has 5 rings (SSSR count). The number of para-hydroxylation sites is 2. The molecule has 31 heavy (non-hydrogen) atoms. The fourth-order valence-corrected chi connectivity index (χ4v) is 5.86. The molecule has 1 fully saturated rings. The Morgan fingerprint density at radius 2 is 1.90 bits per heavy atom. The van der Waals surface area contributed by atoms with Crippen molar-refractivity contribution in [2.24, 2.45) is 0 Å². The third-order valence-electron chi connectivity index (χ3n) is 5.28. The van der Waals surface area contributed by atoms with Crippen LogP contribution in [0.25, 0.3) is 28.1 Å². The highest BCUT2D eigenvalue weighted by Crippen LogP contribution is 2.37. The highest BCUT2D eigenvalue weighted by molar-refractivity contribution is 7.89. The average Bonchev–Trinajstić information content (AvgIpc) is 3.26. The maximum absolute atomic E-state index is 13.4. The number of pyridine rings is 1. The molecule has 0 atom stereocenters. The topological polar surface area (TPSA) is 83.4 Å². The van der Waals surface area contributed by atoms with Gasteiger partial charge in [-0.2, -0.15) is 4.31 Å². The predicted octanol–water partition coefficient (Wildman–Crippen LogP) is 4.29. The van der Waals surface area contributed by atoms with Gasteiger partial charge in [0.05, 0.1) is 34.8 Å². The normalized spacial score (nSPS) is 17.0. The zero-order valence-electron chi connectivity index (χ0n) is 16.6. The Kier molecular flexibility index (Phi) is 4.41. The van der Waals surface area contributed by atoms with Crippen molar-refractivity contribution in [2.45, 2.75) is 30.7 Å². The van der Waals surface area contributed by atoms with E-state index in [2.05, 4.69) is 15.0 Å². The van der Waals surface area contributed by atoms with Gasteiger partial charge in [-0.25, -0.2) is 27.2 Å². The first kappa shape index (κ1) is 20.3. The molecule has 0 aliphatic carbocycles. The number of aromatic amines is 1. The average molecular weight is 466 g/mol. The SMILES string of the molecule is CC(C)c1nc2cc(-c3nc4ccccc4[nH]3)c(Cl)cn2c1S(=O)(=O)N1CC(F)(F)C1. The van der Waals surface area contributed by atoms with E-state index in [-0.39, 0.29) is 16.0 Å². The first-order valence-corrected chi connectivity index (χ1v) is 11.4. The molecule has 0 amide bonds. The van der Waals surface area contributed by atoms with Crippen LogP contribution in [-0.2, 0) is 10.0 Å². The summed E-state index contributed by atoms with van der Waals surface area (Å²) in [5, 5.41) is 0.121. The zero-order valence-corrected chi connectivity index (χ0v) is 18.2. The summed E-state index contributed by atoms with van der Waals surface area (Å²) in [6.45, 7) is 1.91. The third kappa shape index (κ3) is 3.20. The van der Waals surface area contributed by atoms with Crippen LogP contribution in [0.2, 0.25) is 5.02 Å². The van der Waals surface area contributed by atoms with Gasteiger partial charge in [-0.3, -0.25) is 4.40 Å². The zero-order chi connectivity index (χ0) is 22.1. The van der Waals surface area contributed by atoms with E-state index in [9.17, 15) is 17.2 Å². The van der Waals surface area contributed by atoms with E-state index < -0.39 is 29.0 Å². The standard InChI is InChI=1S/C20H18ClF2N5O2S/c1-11(2)17-19(31(29,30)27-9-20(22,23)10-27)28-8-13(21)12(7-16(28)26-17)18-24-14-5-3-4-6-15(14)25-18/h3-8,11H,9-10H2,1-2H3,(H,24,25). The summed E-state index contributed by atoms with van der Waals surface area (Å²) in [5.74, 6) is -2.74. The van der Waals surface area contributed by atoms with E-state index in [4.69, 9.17) is 11.6 Å². The number of nitrogens with zero attached hydrogens (tertiary/aromatic N) is 4. The minimum Gasteiger partial charge on any atom is -0.338 e. The summed E-state index contributed by atoms with van der Waals surface area (Å²) < 4.78 is 55.2. The number of alkyl halides is 2. The van der Waals surface area contributed by atoms with Gasteiger partial charge in [0.25, 0.3) is 15.9 Å². The number of rotatable bonds is 4. The molecule has 1 aliphatic rings. The Hall–Kier alpha value is -2.56. The molecule has 1 saturated heterocycles. The minimum atomic E-state index is -4.18. The summed E-state index contributed by atoms with van der Waals surface area (Å²) in [4.78, 5) is 12.2. The smallest absolute Gasteiger partial charge is 0.275 e. The number of sulfonamides is 1. The number of benzene rings is 1. The first-order chi connectivity index (χ1) is 14.6. The van der Waals surface area contributed by atoms with Crippen LogP contribution in [0.4, 0.5) is 8.78 Å². The van der Waals surface area contributed by atoms with E-state index >= 15 is 0 Å². The van der Waals surface area contributed by atoms with E-state index in [1.807, 2.05) is 24.3 Å². The number of imidazole rings is 2. The Morgan fingerprint density at radius 3 is 2.55 bits per heavy atom. The molecule has 1 aliphatic heterocycles. The third-order valence-corrected chi connectivity index (χ3v) is 7.42. The Balaban J connectivity index is 1.69. The molecular formula is C20H18ClF2N5O2S. The maximum Gasteiger partial charge on any atom is 0.275 e. The molecule has 7 nitrogen and oxygen atoms in total. The number of aromatic nitrogens is 4. The van der Waals surface area contributed by atoms with Gasteiger partial charge in [0.1, 0.15) is 11.5 Å². The van der Waals surface area contributed by atoms with Gasteiger partial charge in [-0.15, -0.1) is 0 Å². The Labute approximate surface area is 181 Å². The summed E-state index contributed by atoms with van der Waals surface area (Å²) in [6.07, 6.45) is 1.45. The van der Waals surface area contributed by atoms with Crippen molar-refractivity contribution in [3.05, 3.63) is 47.2 Å². The van der Waals surface area contributed by atoms with Crippen LogP contribution in [0.1, 0.15) is 25.5 Å². The molecule has 0 bridgehead atoms. The van der Waals surface area contributed by atoms with Crippen LogP contribution in [0.5, 0.6) is 0 Å². The number of H-pyrrole nitrogens is 1. The maximum atomic E-state index is 13.4. The Bertz CT molecular complexity index is 1400. The molecule has 0 unspecified atom stereocenters. The fourth-order valence-electron chi connectivity index (χ4n) is 3.72. The lowest BCUT2D eigenvalue weighted by atomic mass is 10.2. The molecule has 11 heteroatoms. The molecule has 0 spiro atoms. The summed E-state index contributed by atoms with van der Waals surface area (Å²) in [6, 6.07) is 9.16. The number of hydrogen-bond acceptors (Lipinski definition) is 4. The van der Waals surface area contributed by atoms with Gasteiger partial charge in [-0.1, -0.05) is 37.6 Å². The van der Waals surface area contributed by atoms with Gasteiger partial charge in [0.2, 0.25) is 0 Å². The number of hydrogen-bond donors (Lipinski definition) is 1. The van der Waals surface area contributed by atoms with E-state index in [0.717, 1.165) is 15.3 Å². The van der Waals surface area contributed by atoms with Crippen LogP contribution in [0.15, 0.2) is 41.6 Å². The molecule has 0 radical (unpaired) electrons. The van der Waals surface area contributed by atoms with Gasteiger partial charge in [0.15, 0.2) is 5.03 Å². The van der Waals surface area contributed by atoms with Crippen molar-refractivity contribution in [1.29, 1.82) is 0 Å². The van der Waals surface area contributed by atoms with E-state index in [0.29, 0.717) is 22.7 Å². The number of nitrogens with one attached hydrogen (secondary N) is 1. The van der Waals surface area contributed by atoms with Crippen LogP contribution in [-0.4, -0.2) is 51.1 Å². The monoisotopic (exact) mass is 465 g/mol. The second-order valence-corrected chi connectivity index (χ2v) is 10.2. The van der Waals surface area contributed by atoms with E-state index in [1.165, 1.54) is 10.6 Å². The van der Waals surface area contributed by atoms with Crippen molar-refractivity contribution in [1.82, 2.24) is 23.7 Å². The van der Waals surface area contributed by atoms with Crippen LogP contribution >= 0.6 is 11.6 Å². The predicted molar refractivity (Wildman–Crippen MR) is 113 cm³/mol. The van der Waals surface area contributed by atoms with Crippen molar-refractivity contribution in [2.75, 3.05) is 13.1 Å². The van der Waals surface area contributed by atoms with Gasteiger partial charge in [-0.05, 0) is 24.1 Å². The molecule has 1 N–H and O–H groups in total. The fraction of sp³-hybridized carbons (Fsp3) is 0.300. The second kappa shape index (κ2) is 6.72. The van der Waals surface area contributed by atoms with Crippen molar-refractivity contribution < 1.29 is 17.2 Å². The molecule has 0 saturated carbocycles. The summed E-state index contributed by atoms with van der Waals surface area (Å²) >= 11 is 6.51. The van der Waals surface area contributed by atoms with Crippen molar-refractivity contribution in [3.8, 4) is 11.4 Å². The molecule has 1 aromatic carbocycles. The number of halogens is 3. The lowest BCUT2D eigenvalue weighted by molar-refractivity contribution is -0.0946. The van der Waals surface area contributed by atoms with E-state index in [1.54, 1.807) is 19.9 Å². The van der Waals surface area contributed by atoms with Crippen LogP contribution in [0.3, 0.4) is 0 Å². The molecular weight excluding hydrogens is 448 g/mol. The summed E-state index contributed by atoms with van der Waals surface area (Å²) in [7, 11) is -4.18. The van der Waals surface area contributed by atoms with Crippen LogP contribution < -0.4 is 0 Å². The molecule has 3 aromatic heterocycles. The molecule has 4 heterocycles. The highest BCUT2D eigenvalue weighted by Gasteiger charge is 2.51. The van der Waals surface area contributed by atoms with Gasteiger partial charge >= 0.3 is 0 Å². The minimum absolute atomic E-state index is 0.133. The number of fused-ring (bicyclic) bond motifs is 2. The van der Waals surface area contributed by atoms with Crippen molar-refractivity contribution in [3.63, 3.8) is 0 Å². The lowest BCUT2D eigenvalue weighted by Gasteiger charge is -2.37. The second-order valence-electron chi connectivity index (χ2n) is 7.95. The highest BCUT2D eigenvalue weighted by atomic mass is 35.5. The summed E-state index contributed by atoms with van der Waals surface area (Å²) in [5.41, 5.74) is 2.80. The van der Waals surface area contributed by atoms with Gasteiger partial charge < -0.3 is 4.98 Å². The first-order valence-electron chi connectivity index (χ1n) is 9.61. The lowest BCUT2D eigenvalue weighted by Crippen LogP contribution is -2.58. The Morgan fingerprint density at radius 1 is 1.19 bits per heavy atom.